The van der Waals surface area contributed by atoms with Crippen molar-refractivity contribution in [3.05, 3.63) is 70.7 Å². The number of halogens is 2. The van der Waals surface area contributed by atoms with E-state index in [1.165, 1.54) is 0 Å². The normalized spacial score (nSPS) is 13.1. The lowest BCUT2D eigenvalue weighted by Gasteiger charge is -2.16. The predicted octanol–water partition coefficient (Wildman–Crippen LogP) is 4.83. The molecule has 0 saturated heterocycles. The molecule has 0 fully saturated rings. The molecule has 0 amide bonds. The number of nitrogens with one attached hydrogen (secondary N) is 1. The van der Waals surface area contributed by atoms with Crippen molar-refractivity contribution >= 4 is 32.6 Å². The van der Waals surface area contributed by atoms with Crippen molar-refractivity contribution in [3.8, 4) is 11.3 Å². The summed E-state index contributed by atoms with van der Waals surface area (Å²) < 4.78 is 54.5. The Morgan fingerprint density at radius 2 is 1.77 bits per heavy atom. The van der Waals surface area contributed by atoms with Crippen molar-refractivity contribution in [2.75, 3.05) is 11.6 Å². The third-order valence-corrected chi connectivity index (χ3v) is 7.43. The Balaban J connectivity index is 1.60. The van der Waals surface area contributed by atoms with Crippen LogP contribution in [-0.2, 0) is 29.7 Å². The lowest BCUT2D eigenvalue weighted by atomic mass is 10.1. The number of hydrogen-bond acceptors (Lipinski definition) is 8. The molecule has 1 aliphatic heterocycles. The maximum atomic E-state index is 13.6. The van der Waals surface area contributed by atoms with Crippen LogP contribution < -0.4 is 5.32 Å². The van der Waals surface area contributed by atoms with Gasteiger partial charge in [-0.25, -0.2) is 32.2 Å². The van der Waals surface area contributed by atoms with Crippen LogP contribution in [0.15, 0.2) is 46.4 Å². The quantitative estimate of drug-likeness (QED) is 0.350. The lowest BCUT2D eigenvalue weighted by Crippen LogP contribution is -2.10. The highest BCUT2D eigenvalue weighted by Crippen LogP contribution is 2.39. The summed E-state index contributed by atoms with van der Waals surface area (Å²) in [6.45, 7) is 5.56. The van der Waals surface area contributed by atoms with E-state index in [2.05, 4.69) is 30.4 Å². The van der Waals surface area contributed by atoms with E-state index >= 15 is 0 Å². The summed E-state index contributed by atoms with van der Waals surface area (Å²) in [6.07, 6.45) is 0.497. The minimum Gasteiger partial charge on any atom is -0.353 e. The molecule has 0 aliphatic carbocycles. The molecule has 0 saturated carbocycles. The van der Waals surface area contributed by atoms with E-state index in [0.717, 1.165) is 23.2 Å². The molecule has 0 bridgehead atoms. The number of alkyl halides is 2. The lowest BCUT2D eigenvalue weighted by molar-refractivity contribution is 0.224. The summed E-state index contributed by atoms with van der Waals surface area (Å²) in [7, 11) is -1.89. The van der Waals surface area contributed by atoms with Crippen LogP contribution in [0.2, 0.25) is 0 Å². The van der Waals surface area contributed by atoms with Crippen LogP contribution in [0.3, 0.4) is 0 Å². The van der Waals surface area contributed by atoms with Crippen molar-refractivity contribution in [2.45, 2.75) is 44.9 Å². The van der Waals surface area contributed by atoms with Gasteiger partial charge in [0, 0.05) is 49.3 Å². The van der Waals surface area contributed by atoms with Gasteiger partial charge in [0.1, 0.15) is 11.5 Å². The first-order valence-electron chi connectivity index (χ1n) is 12.2. The van der Waals surface area contributed by atoms with Crippen LogP contribution in [0.25, 0.3) is 11.3 Å². The highest BCUT2D eigenvalue weighted by atomic mass is 32.2. The largest absolute Gasteiger partial charge is 0.353 e. The average molecular weight is 552 g/mol. The molecule has 0 radical (unpaired) electrons. The van der Waals surface area contributed by atoms with E-state index in [1.807, 2.05) is 26.1 Å². The summed E-state index contributed by atoms with van der Waals surface area (Å²) >= 11 is 0. The van der Waals surface area contributed by atoms with Crippen molar-refractivity contribution in [1.82, 2.24) is 24.7 Å². The van der Waals surface area contributed by atoms with E-state index in [0.29, 0.717) is 46.3 Å². The van der Waals surface area contributed by atoms with Gasteiger partial charge in [-0.15, -0.1) is 0 Å². The number of pyridine rings is 1. The molecule has 0 spiro atoms. The van der Waals surface area contributed by atoms with Gasteiger partial charge in [0.15, 0.2) is 9.84 Å². The third kappa shape index (κ3) is 5.56. The Kier molecular flexibility index (Phi) is 6.75. The Labute approximate surface area is 225 Å². The van der Waals surface area contributed by atoms with Crippen LogP contribution in [0.5, 0.6) is 0 Å². The van der Waals surface area contributed by atoms with Crippen molar-refractivity contribution in [2.24, 2.45) is 12.0 Å². The van der Waals surface area contributed by atoms with E-state index in [1.54, 1.807) is 42.9 Å². The highest BCUT2D eigenvalue weighted by molar-refractivity contribution is 7.90. The van der Waals surface area contributed by atoms with Crippen LogP contribution in [0, 0.1) is 20.8 Å². The van der Waals surface area contributed by atoms with Gasteiger partial charge in [-0.05, 0) is 50.6 Å². The molecule has 0 unspecified atom stereocenters. The zero-order chi connectivity index (χ0) is 28.1. The number of benzene rings is 1. The second kappa shape index (κ2) is 9.92. The van der Waals surface area contributed by atoms with Gasteiger partial charge in [0.2, 0.25) is 0 Å². The Hall–Kier alpha value is -4.06. The highest BCUT2D eigenvalue weighted by Gasteiger charge is 2.27. The molecule has 4 aromatic rings. The summed E-state index contributed by atoms with van der Waals surface area (Å²) in [5, 5.41) is 7.60. The molecule has 9 nitrogen and oxygen atoms in total. The number of anilines is 2. The third-order valence-electron chi connectivity index (χ3n) is 6.29. The van der Waals surface area contributed by atoms with Crippen LogP contribution in [-0.4, -0.2) is 51.5 Å². The summed E-state index contributed by atoms with van der Waals surface area (Å²) in [4.78, 5) is 17.6. The summed E-state index contributed by atoms with van der Waals surface area (Å²) in [5.74, 6) is 0.619. The van der Waals surface area contributed by atoms with Gasteiger partial charge in [-0.3, -0.25) is 9.67 Å². The second-order valence-electron chi connectivity index (χ2n) is 9.70. The number of aliphatic imine (C=N–C) groups is 1. The van der Waals surface area contributed by atoms with Gasteiger partial charge in [-0.2, -0.15) is 5.10 Å². The number of hydrogen-bond donors (Lipinski definition) is 1. The van der Waals surface area contributed by atoms with Gasteiger partial charge >= 0.3 is 0 Å². The van der Waals surface area contributed by atoms with E-state index in [4.69, 9.17) is 0 Å². The number of nitrogens with zero attached hydrogens (tertiary/aromatic N) is 6. The zero-order valence-corrected chi connectivity index (χ0v) is 22.9. The molecule has 1 aliphatic rings. The zero-order valence-electron chi connectivity index (χ0n) is 22.1. The molecule has 39 heavy (non-hydrogen) atoms. The van der Waals surface area contributed by atoms with Gasteiger partial charge in [0.25, 0.3) is 6.43 Å². The van der Waals surface area contributed by atoms with Crippen LogP contribution in [0.1, 0.15) is 34.2 Å². The van der Waals surface area contributed by atoms with Gasteiger partial charge < -0.3 is 5.32 Å². The maximum absolute atomic E-state index is 13.6. The summed E-state index contributed by atoms with van der Waals surface area (Å²) in [5.41, 5.74) is 5.41. The molecular weight excluding hydrogens is 524 g/mol. The van der Waals surface area contributed by atoms with Gasteiger partial charge in [-0.1, -0.05) is 6.07 Å². The standard InChI is InChI=1S/C27H27F2N7O2S/c1-14-13-36(4)35-25(14)17-6-7-20(24(9-17)39(5,37)38)33-21-11-19(10-18-8-15(2)30-16(3)31-18)32-22-12-23(27(28)29)34-26(21)22/h6-9,11,13,27H,10,12H2,1-5H3,(H,32,33). The monoisotopic (exact) mass is 551 g/mol. The fraction of sp³-hybridized carbons (Fsp3) is 0.296. The average Bonchev–Trinajstić information content (AvgIpc) is 3.41. The minimum atomic E-state index is -3.68. The number of sulfone groups is 1. The molecule has 202 valence electrons. The Morgan fingerprint density at radius 3 is 2.41 bits per heavy atom. The van der Waals surface area contributed by atoms with E-state index < -0.39 is 16.3 Å². The molecular formula is C27H27F2N7O2S. The number of aryl methyl sites for hydroxylation is 4. The fourth-order valence-electron chi connectivity index (χ4n) is 4.75. The molecule has 1 aromatic carbocycles. The first kappa shape index (κ1) is 26.5. The SMILES string of the molecule is Cc1cc(Cc2cc(Nc3ccc(-c4nn(C)cc4C)cc3S(C)(=O)=O)c3c(n2)CC(C(F)F)=N3)nc(C)n1. The molecule has 12 heteroatoms. The van der Waals surface area contributed by atoms with Crippen LogP contribution in [0.4, 0.5) is 25.8 Å². The first-order valence-corrected chi connectivity index (χ1v) is 14.1. The molecule has 3 aromatic heterocycles. The van der Waals surface area contributed by atoms with E-state index in [9.17, 15) is 17.2 Å². The predicted molar refractivity (Wildman–Crippen MR) is 145 cm³/mol. The van der Waals surface area contributed by atoms with Crippen molar-refractivity contribution in [3.63, 3.8) is 0 Å². The number of rotatable bonds is 7. The topological polar surface area (TPSA) is 115 Å². The fourth-order valence-corrected chi connectivity index (χ4v) is 5.61. The molecule has 1 N–H and O–H groups in total. The maximum Gasteiger partial charge on any atom is 0.277 e. The Morgan fingerprint density at radius 1 is 1.03 bits per heavy atom. The van der Waals surface area contributed by atoms with E-state index in [-0.39, 0.29) is 22.7 Å². The van der Waals surface area contributed by atoms with Crippen molar-refractivity contribution < 1.29 is 17.2 Å². The Bertz CT molecular complexity index is 1730. The second-order valence-corrected chi connectivity index (χ2v) is 11.7. The minimum absolute atomic E-state index is 0.0512. The van der Waals surface area contributed by atoms with Gasteiger partial charge in [0.05, 0.1) is 39.1 Å². The van der Waals surface area contributed by atoms with Crippen molar-refractivity contribution in [1.29, 1.82) is 0 Å². The number of aromatic nitrogens is 5. The molecule has 0 atom stereocenters. The summed E-state index contributed by atoms with van der Waals surface area (Å²) in [6, 6.07) is 8.53. The smallest absolute Gasteiger partial charge is 0.277 e. The molecule has 5 rings (SSSR count). The van der Waals surface area contributed by atoms with Crippen LogP contribution >= 0.6 is 0 Å². The first-order chi connectivity index (χ1) is 18.4. The molecule has 4 heterocycles. The number of fused-ring (bicyclic) bond motifs is 1.